The van der Waals surface area contributed by atoms with E-state index < -0.39 is 5.97 Å². The molecule has 0 aliphatic heterocycles. The van der Waals surface area contributed by atoms with Gasteiger partial charge in [-0.05, 0) is 31.6 Å². The molecule has 0 aromatic heterocycles. The van der Waals surface area contributed by atoms with Crippen molar-refractivity contribution in [1.29, 1.82) is 0 Å². The van der Waals surface area contributed by atoms with Gasteiger partial charge in [0.15, 0.2) is 0 Å². The van der Waals surface area contributed by atoms with E-state index in [2.05, 4.69) is 12.2 Å². The van der Waals surface area contributed by atoms with Gasteiger partial charge in [-0.1, -0.05) is 45.4 Å². The van der Waals surface area contributed by atoms with Crippen LogP contribution in [0.15, 0.2) is 0 Å². The number of amides is 1. The van der Waals surface area contributed by atoms with Gasteiger partial charge in [-0.2, -0.15) is 0 Å². The maximum Gasteiger partial charge on any atom is 0.303 e. The van der Waals surface area contributed by atoms with E-state index in [0.717, 1.165) is 25.7 Å². The fraction of sp³-hybridized carbons (Fsp3) is 0.882. The second kappa shape index (κ2) is 10.6. The van der Waals surface area contributed by atoms with Gasteiger partial charge >= 0.3 is 5.97 Å². The molecule has 1 fully saturated rings. The number of carbonyl (C=O) groups is 2. The molecule has 1 amide bonds. The molecule has 1 unspecified atom stereocenters. The molecule has 1 atom stereocenters. The molecule has 2 N–H and O–H groups in total. The van der Waals surface area contributed by atoms with Gasteiger partial charge in [-0.25, -0.2) is 0 Å². The van der Waals surface area contributed by atoms with Gasteiger partial charge in [-0.3, -0.25) is 9.59 Å². The van der Waals surface area contributed by atoms with Gasteiger partial charge in [0.05, 0.1) is 0 Å². The third-order valence-electron chi connectivity index (χ3n) is 4.67. The zero-order chi connectivity index (χ0) is 15.5. The first-order valence-corrected chi connectivity index (χ1v) is 8.63. The summed E-state index contributed by atoms with van der Waals surface area (Å²) in [4.78, 5) is 22.8. The van der Waals surface area contributed by atoms with Gasteiger partial charge in [0.25, 0.3) is 0 Å². The van der Waals surface area contributed by atoms with Crippen LogP contribution in [0.1, 0.15) is 77.6 Å². The minimum Gasteiger partial charge on any atom is -0.481 e. The molecule has 1 aliphatic rings. The maximum absolute atomic E-state index is 12.2. The monoisotopic (exact) mass is 297 g/mol. The number of nitrogens with one attached hydrogen (secondary N) is 1. The lowest BCUT2D eigenvalue weighted by Gasteiger charge is -2.20. The van der Waals surface area contributed by atoms with Crippen molar-refractivity contribution in [3.63, 3.8) is 0 Å². The summed E-state index contributed by atoms with van der Waals surface area (Å²) in [5.41, 5.74) is 0. The van der Waals surface area contributed by atoms with Crippen LogP contribution in [-0.4, -0.2) is 23.5 Å². The first-order valence-electron chi connectivity index (χ1n) is 8.63. The van der Waals surface area contributed by atoms with E-state index in [1.54, 1.807) is 0 Å². The third-order valence-corrected chi connectivity index (χ3v) is 4.67. The van der Waals surface area contributed by atoms with Crippen LogP contribution in [0.3, 0.4) is 0 Å². The Bertz CT molecular complexity index is 309. The molecule has 1 rings (SSSR count). The average Bonchev–Trinajstić information content (AvgIpc) is 2.41. The number of carboxylic acids is 1. The first kappa shape index (κ1) is 18.0. The topological polar surface area (TPSA) is 66.4 Å². The fourth-order valence-electron chi connectivity index (χ4n) is 3.14. The Hall–Kier alpha value is -1.06. The second-order valence-corrected chi connectivity index (χ2v) is 6.33. The molecule has 0 bridgehead atoms. The van der Waals surface area contributed by atoms with Crippen molar-refractivity contribution in [3.8, 4) is 0 Å². The number of aliphatic carboxylic acids is 1. The van der Waals surface area contributed by atoms with E-state index in [4.69, 9.17) is 5.11 Å². The van der Waals surface area contributed by atoms with Crippen LogP contribution >= 0.6 is 0 Å². The molecule has 0 spiro atoms. The van der Waals surface area contributed by atoms with Crippen molar-refractivity contribution in [2.75, 3.05) is 6.54 Å². The van der Waals surface area contributed by atoms with E-state index in [1.165, 1.54) is 32.1 Å². The van der Waals surface area contributed by atoms with Crippen LogP contribution in [0.4, 0.5) is 0 Å². The summed E-state index contributed by atoms with van der Waals surface area (Å²) >= 11 is 0. The van der Waals surface area contributed by atoms with Gasteiger partial charge in [0.1, 0.15) is 0 Å². The minimum absolute atomic E-state index is 0.199. The molecule has 21 heavy (non-hydrogen) atoms. The lowest BCUT2D eigenvalue weighted by Crippen LogP contribution is -2.32. The molecular weight excluding hydrogens is 266 g/mol. The van der Waals surface area contributed by atoms with Gasteiger partial charge in [-0.15, -0.1) is 0 Å². The average molecular weight is 297 g/mol. The lowest BCUT2D eigenvalue weighted by molar-refractivity contribution is -0.137. The van der Waals surface area contributed by atoms with E-state index >= 15 is 0 Å². The van der Waals surface area contributed by atoms with Gasteiger partial charge < -0.3 is 10.4 Å². The highest BCUT2D eigenvalue weighted by molar-refractivity contribution is 5.78. The Labute approximate surface area is 128 Å². The van der Waals surface area contributed by atoms with Crippen LogP contribution in [0.2, 0.25) is 0 Å². The molecule has 1 saturated carbocycles. The van der Waals surface area contributed by atoms with Gasteiger partial charge in [0, 0.05) is 18.9 Å². The van der Waals surface area contributed by atoms with E-state index in [1.807, 2.05) is 0 Å². The van der Waals surface area contributed by atoms with Crippen LogP contribution in [0.5, 0.6) is 0 Å². The molecule has 1 aliphatic carbocycles. The molecule has 122 valence electrons. The molecule has 0 aromatic carbocycles. The number of carbonyl (C=O) groups excluding carboxylic acids is 1. The molecule has 4 heteroatoms. The Morgan fingerprint density at radius 3 is 2.29 bits per heavy atom. The predicted octanol–water partition coefficient (Wildman–Crippen LogP) is 3.74. The number of rotatable bonds is 8. The van der Waals surface area contributed by atoms with Crippen LogP contribution < -0.4 is 5.32 Å². The van der Waals surface area contributed by atoms with Crippen molar-refractivity contribution in [2.24, 2.45) is 11.8 Å². The van der Waals surface area contributed by atoms with Crippen LogP contribution in [0.25, 0.3) is 0 Å². The molecule has 0 radical (unpaired) electrons. The van der Waals surface area contributed by atoms with Crippen molar-refractivity contribution < 1.29 is 14.7 Å². The predicted molar refractivity (Wildman–Crippen MR) is 84.1 cm³/mol. The summed E-state index contributed by atoms with van der Waals surface area (Å²) in [6.45, 7) is 2.77. The Kier molecular flexibility index (Phi) is 9.11. The van der Waals surface area contributed by atoms with Crippen molar-refractivity contribution in [3.05, 3.63) is 0 Å². The fourth-order valence-corrected chi connectivity index (χ4v) is 3.14. The molecule has 4 nitrogen and oxygen atoms in total. The smallest absolute Gasteiger partial charge is 0.303 e. The zero-order valence-corrected chi connectivity index (χ0v) is 13.4. The quantitative estimate of drug-likeness (QED) is 0.717. The summed E-state index contributed by atoms with van der Waals surface area (Å²) in [5.74, 6) is 0.0834. The number of hydrogen-bond acceptors (Lipinski definition) is 2. The maximum atomic E-state index is 12.2. The molecule has 0 saturated heterocycles. The van der Waals surface area contributed by atoms with E-state index in [-0.39, 0.29) is 18.2 Å². The Balaban J connectivity index is 2.22. The molecule has 0 heterocycles. The highest BCUT2D eigenvalue weighted by atomic mass is 16.4. The van der Waals surface area contributed by atoms with Gasteiger partial charge in [0.2, 0.25) is 5.91 Å². The number of carboxylic acid groups (broad SMARTS) is 1. The summed E-state index contributed by atoms with van der Waals surface area (Å²) in [6.07, 6.45) is 11.1. The highest BCUT2D eigenvalue weighted by Crippen LogP contribution is 2.22. The molecular formula is C17H31NO3. The lowest BCUT2D eigenvalue weighted by atomic mass is 9.90. The summed E-state index contributed by atoms with van der Waals surface area (Å²) in [7, 11) is 0. The normalized spacial score (nSPS) is 18.5. The largest absolute Gasteiger partial charge is 0.481 e. The number of hydrogen-bond donors (Lipinski definition) is 2. The highest BCUT2D eigenvalue weighted by Gasteiger charge is 2.19. The zero-order valence-electron chi connectivity index (χ0n) is 13.4. The third kappa shape index (κ3) is 8.08. The summed E-state index contributed by atoms with van der Waals surface area (Å²) < 4.78 is 0. The second-order valence-electron chi connectivity index (χ2n) is 6.33. The first-order chi connectivity index (χ1) is 10.1. The minimum atomic E-state index is -0.730. The van der Waals surface area contributed by atoms with Crippen LogP contribution in [0, 0.1) is 11.8 Å². The standard InChI is InChI=1S/C17H31NO3/c1-2-14(10-11-16(19)20)12-13-18-17(21)15-8-6-4-3-5-7-9-15/h14-15H,2-13H2,1H3,(H,18,21)(H,19,20). The van der Waals surface area contributed by atoms with Crippen molar-refractivity contribution >= 4 is 11.9 Å². The SMILES string of the molecule is CCC(CCNC(=O)C1CCCCCCC1)CCC(=O)O. The Morgan fingerprint density at radius 1 is 1.10 bits per heavy atom. The van der Waals surface area contributed by atoms with Crippen molar-refractivity contribution in [2.45, 2.75) is 77.6 Å². The Morgan fingerprint density at radius 2 is 1.71 bits per heavy atom. The van der Waals surface area contributed by atoms with Crippen LogP contribution in [-0.2, 0) is 9.59 Å². The summed E-state index contributed by atoms with van der Waals surface area (Å²) in [5, 5.41) is 11.8. The van der Waals surface area contributed by atoms with E-state index in [0.29, 0.717) is 18.9 Å². The van der Waals surface area contributed by atoms with Crippen molar-refractivity contribution in [1.82, 2.24) is 5.32 Å². The summed E-state index contributed by atoms with van der Waals surface area (Å²) in [6, 6.07) is 0. The van der Waals surface area contributed by atoms with E-state index in [9.17, 15) is 9.59 Å². The molecule has 0 aromatic rings.